The lowest BCUT2D eigenvalue weighted by molar-refractivity contribution is -0.122. The third-order valence-electron chi connectivity index (χ3n) is 1.56. The van der Waals surface area contributed by atoms with E-state index in [-0.39, 0.29) is 6.42 Å². The van der Waals surface area contributed by atoms with E-state index in [2.05, 4.69) is 15.3 Å². The summed E-state index contributed by atoms with van der Waals surface area (Å²) in [6, 6.07) is -0.705. The number of nitrogens with zero attached hydrogens (tertiary/aromatic N) is 1. The van der Waals surface area contributed by atoms with Crippen LogP contribution < -0.4 is 11.1 Å². The molecule has 2 amide bonds. The Kier molecular flexibility index (Phi) is 3.02. The van der Waals surface area contributed by atoms with Gasteiger partial charge in [-0.3, -0.25) is 9.59 Å². The van der Waals surface area contributed by atoms with Crippen molar-refractivity contribution in [1.29, 1.82) is 0 Å². The Morgan fingerprint density at radius 1 is 1.85 bits per heavy atom. The van der Waals surface area contributed by atoms with Gasteiger partial charge in [0.1, 0.15) is 11.9 Å². The van der Waals surface area contributed by atoms with E-state index in [9.17, 15) is 9.59 Å². The fraction of sp³-hybridized carbons (Fsp3) is 0.286. The number of amides is 2. The number of carbonyl (C=O) groups excluding carboxylic acids is 2. The number of aromatic nitrogens is 2. The number of nitrogens with two attached hydrogens (primary N) is 1. The van der Waals surface area contributed by atoms with Crippen molar-refractivity contribution in [2.24, 2.45) is 5.73 Å². The van der Waals surface area contributed by atoms with E-state index in [0.717, 1.165) is 0 Å². The minimum atomic E-state index is -0.705. The van der Waals surface area contributed by atoms with E-state index in [4.69, 9.17) is 5.73 Å². The number of carbonyl (C=O) groups is 2. The molecule has 0 aliphatic heterocycles. The fourth-order valence-electron chi connectivity index (χ4n) is 0.927. The van der Waals surface area contributed by atoms with Gasteiger partial charge in [-0.15, -0.1) is 0 Å². The van der Waals surface area contributed by atoms with E-state index < -0.39 is 11.9 Å². The Balaban J connectivity index is 2.57. The van der Waals surface area contributed by atoms with Gasteiger partial charge in [0.2, 0.25) is 12.3 Å². The predicted molar refractivity (Wildman–Crippen MR) is 44.5 cm³/mol. The first-order chi connectivity index (χ1) is 6.24. The lowest BCUT2D eigenvalue weighted by Crippen LogP contribution is -2.42. The van der Waals surface area contributed by atoms with Crippen LogP contribution in [0.5, 0.6) is 0 Å². The second-order valence-corrected chi connectivity index (χ2v) is 2.48. The second-order valence-electron chi connectivity index (χ2n) is 2.48. The molecule has 0 saturated carbocycles. The average Bonchev–Trinajstić information content (AvgIpc) is 2.56. The van der Waals surface area contributed by atoms with Gasteiger partial charge < -0.3 is 16.0 Å². The van der Waals surface area contributed by atoms with Gasteiger partial charge in [0.15, 0.2) is 0 Å². The Hall–Kier alpha value is -1.85. The highest BCUT2D eigenvalue weighted by atomic mass is 16.2. The Bertz CT molecular complexity index is 283. The van der Waals surface area contributed by atoms with Crippen molar-refractivity contribution < 1.29 is 9.59 Å². The van der Waals surface area contributed by atoms with E-state index in [0.29, 0.717) is 12.2 Å². The van der Waals surface area contributed by atoms with Crippen LogP contribution >= 0.6 is 0 Å². The van der Waals surface area contributed by atoms with Gasteiger partial charge in [-0.1, -0.05) is 0 Å². The monoisotopic (exact) mass is 182 g/mol. The lowest BCUT2D eigenvalue weighted by atomic mass is 10.2. The number of primary amides is 1. The quantitative estimate of drug-likeness (QED) is 0.485. The third-order valence-corrected chi connectivity index (χ3v) is 1.56. The van der Waals surface area contributed by atoms with Gasteiger partial charge in [0.05, 0.1) is 0 Å². The summed E-state index contributed by atoms with van der Waals surface area (Å²) in [5.74, 6) is 0.0293. The summed E-state index contributed by atoms with van der Waals surface area (Å²) in [4.78, 5) is 27.6. The maximum absolute atomic E-state index is 10.8. The first-order valence-corrected chi connectivity index (χ1v) is 3.71. The van der Waals surface area contributed by atoms with Gasteiger partial charge in [0.25, 0.3) is 0 Å². The molecule has 6 nitrogen and oxygen atoms in total. The first kappa shape index (κ1) is 9.24. The molecule has 0 bridgehead atoms. The highest BCUT2D eigenvalue weighted by Gasteiger charge is 2.15. The molecule has 0 aromatic carbocycles. The van der Waals surface area contributed by atoms with Gasteiger partial charge >= 0.3 is 0 Å². The van der Waals surface area contributed by atoms with Gasteiger partial charge in [-0.05, 0) is 0 Å². The molecule has 1 atom stereocenters. The van der Waals surface area contributed by atoms with E-state index in [1.807, 2.05) is 0 Å². The normalized spacial score (nSPS) is 12.0. The number of hydrogen-bond acceptors (Lipinski definition) is 3. The summed E-state index contributed by atoms with van der Waals surface area (Å²) in [5.41, 5.74) is 5.04. The van der Waals surface area contributed by atoms with Gasteiger partial charge in [0, 0.05) is 18.8 Å². The molecule has 1 rings (SSSR count). The summed E-state index contributed by atoms with van der Waals surface area (Å²) in [6.45, 7) is 0. The molecule has 0 saturated heterocycles. The molecule has 6 heteroatoms. The largest absolute Gasteiger partial charge is 0.368 e. The number of aromatic amines is 1. The summed E-state index contributed by atoms with van der Waals surface area (Å²) < 4.78 is 0. The van der Waals surface area contributed by atoms with E-state index in [1.54, 1.807) is 12.4 Å². The zero-order chi connectivity index (χ0) is 9.68. The Morgan fingerprint density at radius 3 is 3.08 bits per heavy atom. The standard InChI is InChI=1S/C7H10N4O2/c8-7(13)5(11-4-12)3-6-9-1-2-10-6/h1-2,4-5H,3H2,(H2,8,13)(H,9,10)(H,11,12). The molecule has 0 aliphatic carbocycles. The van der Waals surface area contributed by atoms with Crippen LogP contribution in [0.3, 0.4) is 0 Å². The Labute approximate surface area is 74.5 Å². The smallest absolute Gasteiger partial charge is 0.240 e. The van der Waals surface area contributed by atoms with Gasteiger partial charge in [-0.2, -0.15) is 0 Å². The minimum Gasteiger partial charge on any atom is -0.368 e. The molecule has 1 aromatic rings. The number of H-pyrrole nitrogens is 1. The number of nitrogens with one attached hydrogen (secondary N) is 2. The van der Waals surface area contributed by atoms with Crippen molar-refractivity contribution in [3.05, 3.63) is 18.2 Å². The van der Waals surface area contributed by atoms with Crippen LogP contribution in [0, 0.1) is 0 Å². The van der Waals surface area contributed by atoms with Gasteiger partial charge in [-0.25, -0.2) is 4.98 Å². The SMILES string of the molecule is NC(=O)C(Cc1ncc[nH]1)NC=O. The number of rotatable bonds is 5. The van der Waals surface area contributed by atoms with Crippen LogP contribution in [0.1, 0.15) is 5.82 Å². The van der Waals surface area contributed by atoms with Crippen molar-refractivity contribution in [3.63, 3.8) is 0 Å². The van der Waals surface area contributed by atoms with Crippen molar-refractivity contribution in [1.82, 2.24) is 15.3 Å². The molecule has 4 N–H and O–H groups in total. The molecule has 1 unspecified atom stereocenters. The second kappa shape index (κ2) is 4.24. The zero-order valence-corrected chi connectivity index (χ0v) is 6.86. The Morgan fingerprint density at radius 2 is 2.62 bits per heavy atom. The highest BCUT2D eigenvalue weighted by molar-refractivity contribution is 5.82. The van der Waals surface area contributed by atoms with Crippen LogP contribution in [0.2, 0.25) is 0 Å². The third kappa shape index (κ3) is 2.58. The molecule has 0 radical (unpaired) electrons. The molecule has 0 spiro atoms. The molecular formula is C7H10N4O2. The fourth-order valence-corrected chi connectivity index (χ4v) is 0.927. The van der Waals surface area contributed by atoms with Crippen molar-refractivity contribution >= 4 is 12.3 Å². The van der Waals surface area contributed by atoms with Crippen LogP contribution in [-0.4, -0.2) is 28.3 Å². The lowest BCUT2D eigenvalue weighted by Gasteiger charge is -2.09. The molecule has 0 aliphatic rings. The van der Waals surface area contributed by atoms with Crippen LogP contribution in [0.4, 0.5) is 0 Å². The molecule has 1 aromatic heterocycles. The zero-order valence-electron chi connectivity index (χ0n) is 6.86. The number of hydrogen-bond donors (Lipinski definition) is 3. The molecule has 0 fully saturated rings. The average molecular weight is 182 g/mol. The summed E-state index contributed by atoms with van der Waals surface area (Å²) >= 11 is 0. The number of imidazole rings is 1. The maximum atomic E-state index is 10.8. The minimum absolute atomic E-state index is 0.279. The van der Waals surface area contributed by atoms with Crippen LogP contribution in [0.25, 0.3) is 0 Å². The van der Waals surface area contributed by atoms with E-state index >= 15 is 0 Å². The summed E-state index contributed by atoms with van der Waals surface area (Å²) in [6.07, 6.45) is 3.92. The summed E-state index contributed by atoms with van der Waals surface area (Å²) in [5, 5.41) is 2.31. The first-order valence-electron chi connectivity index (χ1n) is 3.71. The molecular weight excluding hydrogens is 172 g/mol. The molecule has 13 heavy (non-hydrogen) atoms. The van der Waals surface area contributed by atoms with Crippen molar-refractivity contribution in [3.8, 4) is 0 Å². The molecule has 1 heterocycles. The maximum Gasteiger partial charge on any atom is 0.240 e. The van der Waals surface area contributed by atoms with Crippen molar-refractivity contribution in [2.75, 3.05) is 0 Å². The van der Waals surface area contributed by atoms with E-state index in [1.165, 1.54) is 0 Å². The van der Waals surface area contributed by atoms with Crippen LogP contribution in [0.15, 0.2) is 12.4 Å². The topological polar surface area (TPSA) is 101 Å². The highest BCUT2D eigenvalue weighted by Crippen LogP contribution is 1.94. The summed E-state index contributed by atoms with van der Waals surface area (Å²) in [7, 11) is 0. The predicted octanol–water partition coefficient (Wildman–Crippen LogP) is -1.45. The van der Waals surface area contributed by atoms with Crippen molar-refractivity contribution in [2.45, 2.75) is 12.5 Å². The van der Waals surface area contributed by atoms with Crippen LogP contribution in [-0.2, 0) is 16.0 Å². The molecule has 70 valence electrons.